The number of anilines is 1. The lowest BCUT2D eigenvalue weighted by Gasteiger charge is -2.04. The molecule has 0 atom stereocenters. The number of aromatic amines is 1. The molecule has 0 saturated carbocycles. The van der Waals surface area contributed by atoms with Gasteiger partial charge in [0.25, 0.3) is 5.91 Å². The third-order valence-electron chi connectivity index (χ3n) is 2.12. The molecular formula is C12H9BrN2O2. The van der Waals surface area contributed by atoms with E-state index in [0.717, 1.165) is 4.47 Å². The lowest BCUT2D eigenvalue weighted by molar-refractivity contribution is 0.102. The molecule has 0 radical (unpaired) electrons. The number of benzene rings is 1. The summed E-state index contributed by atoms with van der Waals surface area (Å²) in [5, 5.41) is 2.68. The zero-order chi connectivity index (χ0) is 12.3. The Kier molecular flexibility index (Phi) is 3.39. The van der Waals surface area contributed by atoms with Crippen LogP contribution >= 0.6 is 15.9 Å². The van der Waals surface area contributed by atoms with Crippen LogP contribution in [0.3, 0.4) is 0 Å². The molecule has 1 aromatic heterocycles. The average molecular weight is 293 g/mol. The van der Waals surface area contributed by atoms with E-state index in [1.807, 2.05) is 12.1 Å². The lowest BCUT2D eigenvalue weighted by Crippen LogP contribution is -2.15. The molecule has 0 unspecified atom stereocenters. The van der Waals surface area contributed by atoms with Crippen molar-refractivity contribution in [2.45, 2.75) is 0 Å². The zero-order valence-electron chi connectivity index (χ0n) is 8.74. The van der Waals surface area contributed by atoms with E-state index in [9.17, 15) is 9.59 Å². The molecular weight excluding hydrogens is 284 g/mol. The molecule has 0 spiro atoms. The minimum atomic E-state index is -0.343. The SMILES string of the molecule is O=C(Nc1ccc(Br)cc1)c1cc(=O)cc[nH]1. The molecule has 2 aromatic rings. The van der Waals surface area contributed by atoms with Gasteiger partial charge in [-0.3, -0.25) is 9.59 Å². The van der Waals surface area contributed by atoms with Gasteiger partial charge < -0.3 is 10.3 Å². The number of halogens is 1. The van der Waals surface area contributed by atoms with Crippen LogP contribution in [0.25, 0.3) is 0 Å². The maximum Gasteiger partial charge on any atom is 0.272 e. The van der Waals surface area contributed by atoms with Gasteiger partial charge >= 0.3 is 0 Å². The van der Waals surface area contributed by atoms with E-state index in [1.54, 1.807) is 12.1 Å². The maximum atomic E-state index is 11.8. The van der Waals surface area contributed by atoms with Crippen LogP contribution in [0.1, 0.15) is 10.5 Å². The molecule has 17 heavy (non-hydrogen) atoms. The first-order valence-corrected chi connectivity index (χ1v) is 5.70. The van der Waals surface area contributed by atoms with Crippen molar-refractivity contribution in [3.05, 3.63) is 63.0 Å². The van der Waals surface area contributed by atoms with Crippen LogP contribution in [-0.4, -0.2) is 10.9 Å². The Labute approximate surface area is 106 Å². The van der Waals surface area contributed by atoms with Gasteiger partial charge in [0.15, 0.2) is 5.43 Å². The van der Waals surface area contributed by atoms with Gasteiger partial charge in [-0.2, -0.15) is 0 Å². The van der Waals surface area contributed by atoms with Crippen molar-refractivity contribution in [2.24, 2.45) is 0 Å². The molecule has 0 aliphatic carbocycles. The summed E-state index contributed by atoms with van der Waals surface area (Å²) < 4.78 is 0.934. The first kappa shape index (κ1) is 11.6. The molecule has 0 bridgehead atoms. The Morgan fingerprint density at radius 1 is 1.18 bits per heavy atom. The molecule has 1 heterocycles. The zero-order valence-corrected chi connectivity index (χ0v) is 10.3. The summed E-state index contributed by atoms with van der Waals surface area (Å²) in [7, 11) is 0. The van der Waals surface area contributed by atoms with E-state index in [2.05, 4.69) is 26.2 Å². The van der Waals surface area contributed by atoms with Crippen LogP contribution in [0.15, 0.2) is 51.9 Å². The number of carbonyl (C=O) groups is 1. The fourth-order valence-corrected chi connectivity index (χ4v) is 1.57. The van der Waals surface area contributed by atoms with Crippen LogP contribution in [0.5, 0.6) is 0 Å². The largest absolute Gasteiger partial charge is 0.357 e. The number of nitrogens with one attached hydrogen (secondary N) is 2. The van der Waals surface area contributed by atoms with Crippen LogP contribution in [0.4, 0.5) is 5.69 Å². The van der Waals surface area contributed by atoms with Crippen molar-refractivity contribution >= 4 is 27.5 Å². The van der Waals surface area contributed by atoms with Crippen LogP contribution in [-0.2, 0) is 0 Å². The van der Waals surface area contributed by atoms with Crippen LogP contribution in [0.2, 0.25) is 0 Å². The summed E-state index contributed by atoms with van der Waals surface area (Å²) in [5.74, 6) is -0.343. The summed E-state index contributed by atoms with van der Waals surface area (Å²) in [6.45, 7) is 0. The van der Waals surface area contributed by atoms with Gasteiger partial charge in [0.05, 0.1) is 0 Å². The smallest absolute Gasteiger partial charge is 0.272 e. The third kappa shape index (κ3) is 3.04. The predicted octanol–water partition coefficient (Wildman–Crippen LogP) is 2.39. The van der Waals surface area contributed by atoms with Crippen molar-refractivity contribution in [1.82, 2.24) is 4.98 Å². The number of pyridine rings is 1. The second kappa shape index (κ2) is 4.97. The Balaban J connectivity index is 2.17. The van der Waals surface area contributed by atoms with Gasteiger partial charge in [0.1, 0.15) is 5.69 Å². The fourth-order valence-electron chi connectivity index (χ4n) is 1.31. The highest BCUT2D eigenvalue weighted by atomic mass is 79.9. The van der Waals surface area contributed by atoms with Crippen molar-refractivity contribution < 1.29 is 4.79 Å². The summed E-state index contributed by atoms with van der Waals surface area (Å²) in [6.07, 6.45) is 1.44. The van der Waals surface area contributed by atoms with Crippen LogP contribution in [0, 0.1) is 0 Å². The highest BCUT2D eigenvalue weighted by Gasteiger charge is 2.06. The standard InChI is InChI=1S/C12H9BrN2O2/c13-8-1-3-9(4-2-8)15-12(17)11-7-10(16)5-6-14-11/h1-7H,(H,14,16)(H,15,17). The average Bonchev–Trinajstić information content (AvgIpc) is 2.32. The van der Waals surface area contributed by atoms with Gasteiger partial charge in [-0.15, -0.1) is 0 Å². The van der Waals surface area contributed by atoms with Gasteiger partial charge in [0, 0.05) is 28.5 Å². The number of hydrogen-bond acceptors (Lipinski definition) is 2. The summed E-state index contributed by atoms with van der Waals surface area (Å²) in [4.78, 5) is 25.6. The third-order valence-corrected chi connectivity index (χ3v) is 2.65. The van der Waals surface area contributed by atoms with E-state index in [-0.39, 0.29) is 17.0 Å². The Morgan fingerprint density at radius 2 is 1.88 bits per heavy atom. The molecule has 1 aromatic carbocycles. The topological polar surface area (TPSA) is 62.0 Å². The molecule has 0 aliphatic rings. The number of rotatable bonds is 2. The first-order valence-electron chi connectivity index (χ1n) is 4.91. The number of aromatic nitrogens is 1. The van der Waals surface area contributed by atoms with Gasteiger partial charge in [-0.05, 0) is 24.3 Å². The summed E-state index contributed by atoms with van der Waals surface area (Å²) >= 11 is 3.31. The molecule has 0 fully saturated rings. The first-order chi connectivity index (χ1) is 8.15. The normalized spacial score (nSPS) is 9.94. The molecule has 1 amide bonds. The van der Waals surface area contributed by atoms with Gasteiger partial charge in [-0.25, -0.2) is 0 Å². The minimum absolute atomic E-state index is 0.204. The van der Waals surface area contributed by atoms with Crippen LogP contribution < -0.4 is 10.7 Å². The fraction of sp³-hybridized carbons (Fsp3) is 0. The molecule has 4 nitrogen and oxygen atoms in total. The molecule has 0 aliphatic heterocycles. The Bertz CT molecular complexity index is 590. The van der Waals surface area contributed by atoms with E-state index >= 15 is 0 Å². The highest BCUT2D eigenvalue weighted by molar-refractivity contribution is 9.10. The number of hydrogen-bond donors (Lipinski definition) is 2. The second-order valence-electron chi connectivity index (χ2n) is 3.40. The summed E-state index contributed by atoms with van der Waals surface area (Å²) in [5.41, 5.74) is 0.702. The van der Waals surface area contributed by atoms with Gasteiger partial charge in [0.2, 0.25) is 0 Å². The maximum absolute atomic E-state index is 11.8. The molecule has 2 N–H and O–H groups in total. The highest BCUT2D eigenvalue weighted by Crippen LogP contribution is 2.14. The van der Waals surface area contributed by atoms with Crippen molar-refractivity contribution in [3.63, 3.8) is 0 Å². The van der Waals surface area contributed by atoms with E-state index < -0.39 is 0 Å². The monoisotopic (exact) mass is 292 g/mol. The van der Waals surface area contributed by atoms with E-state index in [1.165, 1.54) is 18.3 Å². The van der Waals surface area contributed by atoms with Crippen molar-refractivity contribution in [1.29, 1.82) is 0 Å². The molecule has 2 rings (SSSR count). The number of H-pyrrole nitrogens is 1. The Hall–Kier alpha value is -1.88. The van der Waals surface area contributed by atoms with E-state index in [4.69, 9.17) is 0 Å². The Morgan fingerprint density at radius 3 is 2.53 bits per heavy atom. The number of carbonyl (C=O) groups excluding carboxylic acids is 1. The quantitative estimate of drug-likeness (QED) is 0.893. The van der Waals surface area contributed by atoms with E-state index in [0.29, 0.717) is 5.69 Å². The predicted molar refractivity (Wildman–Crippen MR) is 69.2 cm³/mol. The summed E-state index contributed by atoms with van der Waals surface area (Å²) in [6, 6.07) is 9.79. The van der Waals surface area contributed by atoms with Gasteiger partial charge in [-0.1, -0.05) is 15.9 Å². The molecule has 5 heteroatoms. The van der Waals surface area contributed by atoms with Crippen molar-refractivity contribution in [2.75, 3.05) is 5.32 Å². The van der Waals surface area contributed by atoms with Crippen molar-refractivity contribution in [3.8, 4) is 0 Å². The molecule has 86 valence electrons. The number of amides is 1. The minimum Gasteiger partial charge on any atom is -0.357 e. The second-order valence-corrected chi connectivity index (χ2v) is 4.31. The molecule has 0 saturated heterocycles. The lowest BCUT2D eigenvalue weighted by atomic mass is 10.3.